The molecule has 1 heterocycles. The summed E-state index contributed by atoms with van der Waals surface area (Å²) in [5, 5.41) is -0.147. The third-order valence-electron chi connectivity index (χ3n) is 5.19. The topological polar surface area (TPSA) is 75.6 Å². The Kier molecular flexibility index (Phi) is 7.74. The number of carbonyl (C=O) groups is 1. The molecule has 9 heteroatoms. The van der Waals surface area contributed by atoms with Gasteiger partial charge in [0.1, 0.15) is 4.38 Å². The summed E-state index contributed by atoms with van der Waals surface area (Å²) in [5.74, 6) is 0.544. The molecule has 0 spiro atoms. The van der Waals surface area contributed by atoms with E-state index in [2.05, 4.69) is 20.7 Å². The number of hydrogen-bond acceptors (Lipinski definition) is 6. The highest BCUT2D eigenvalue weighted by molar-refractivity contribution is 9.10. The second-order valence-corrected chi connectivity index (χ2v) is 12.6. The molecule has 2 aromatic carbocycles. The number of aryl methyl sites for hydroxylation is 1. The summed E-state index contributed by atoms with van der Waals surface area (Å²) >= 11 is 6.15. The van der Waals surface area contributed by atoms with Crippen molar-refractivity contribution in [1.29, 1.82) is 0 Å². The van der Waals surface area contributed by atoms with Gasteiger partial charge < -0.3 is 0 Å². The number of aliphatic imine (C=N–C) groups is 1. The van der Waals surface area contributed by atoms with Crippen molar-refractivity contribution in [1.82, 2.24) is 4.72 Å². The van der Waals surface area contributed by atoms with Gasteiger partial charge in [0, 0.05) is 4.47 Å². The van der Waals surface area contributed by atoms with Gasteiger partial charge in [0.05, 0.1) is 10.9 Å². The van der Waals surface area contributed by atoms with Crippen LogP contribution in [0.4, 0.5) is 0 Å². The number of nitrogens with zero attached hydrogens (tertiary/aromatic N) is 1. The van der Waals surface area contributed by atoms with Crippen LogP contribution >= 0.6 is 39.5 Å². The Labute approximate surface area is 201 Å². The normalized spacial score (nSPS) is 20.2. The van der Waals surface area contributed by atoms with Crippen LogP contribution in [0.2, 0.25) is 0 Å². The van der Waals surface area contributed by atoms with Crippen molar-refractivity contribution in [2.75, 3.05) is 5.75 Å². The second kappa shape index (κ2) is 9.79. The maximum atomic E-state index is 13.4. The van der Waals surface area contributed by atoms with E-state index < -0.39 is 21.6 Å². The van der Waals surface area contributed by atoms with E-state index in [0.29, 0.717) is 9.94 Å². The van der Waals surface area contributed by atoms with Crippen LogP contribution < -0.4 is 4.72 Å². The lowest BCUT2D eigenvalue weighted by Crippen LogP contribution is -2.51. The standard InChI is InChI=1S/C22H25BrN2O3S3/c1-5-29-21-24-22(14(2)3,20(26)30-21)19(17-8-6-7-9-18(17)23)25-31(27,28)16-12-10-15(4)11-13-16/h6-14,19,25H,5H2,1-4H3/t19-,22+/m1/s1. The molecule has 0 aliphatic carbocycles. The first-order valence-electron chi connectivity index (χ1n) is 9.90. The molecule has 2 atom stereocenters. The van der Waals surface area contributed by atoms with E-state index in [4.69, 9.17) is 4.99 Å². The molecule has 0 amide bonds. The van der Waals surface area contributed by atoms with Crippen molar-refractivity contribution in [2.45, 2.75) is 44.2 Å². The van der Waals surface area contributed by atoms with Crippen LogP contribution in [-0.4, -0.2) is 29.2 Å². The van der Waals surface area contributed by atoms with Crippen molar-refractivity contribution < 1.29 is 13.2 Å². The zero-order valence-electron chi connectivity index (χ0n) is 17.8. The van der Waals surface area contributed by atoms with Crippen LogP contribution in [0.25, 0.3) is 0 Å². The van der Waals surface area contributed by atoms with Crippen LogP contribution in [0.5, 0.6) is 0 Å². The molecule has 0 aromatic heterocycles. The van der Waals surface area contributed by atoms with Crippen LogP contribution in [-0.2, 0) is 14.8 Å². The smallest absolute Gasteiger partial charge is 0.241 e. The molecule has 1 N–H and O–H groups in total. The SMILES string of the molecule is CCSC1=N[C@@](C(C)C)([C@H](NS(=O)(=O)c2ccc(C)cc2)c2ccccc2Br)C(=O)S1. The van der Waals surface area contributed by atoms with Crippen molar-refractivity contribution in [3.63, 3.8) is 0 Å². The zero-order chi connectivity index (χ0) is 22.8. The average Bonchev–Trinajstić information content (AvgIpc) is 3.04. The minimum absolute atomic E-state index is 0.147. The molecule has 1 aliphatic rings. The van der Waals surface area contributed by atoms with Gasteiger partial charge in [-0.15, -0.1) is 0 Å². The zero-order valence-corrected chi connectivity index (χ0v) is 21.8. The minimum Gasteiger partial charge on any atom is -0.284 e. The first-order valence-corrected chi connectivity index (χ1v) is 14.0. The van der Waals surface area contributed by atoms with E-state index >= 15 is 0 Å². The molecular weight excluding hydrogens is 516 g/mol. The molecule has 2 aromatic rings. The third-order valence-corrected chi connectivity index (χ3v) is 9.36. The highest BCUT2D eigenvalue weighted by atomic mass is 79.9. The molecule has 0 saturated carbocycles. The average molecular weight is 542 g/mol. The van der Waals surface area contributed by atoms with Gasteiger partial charge in [0.25, 0.3) is 0 Å². The Morgan fingerprint density at radius 2 is 1.81 bits per heavy atom. The highest BCUT2D eigenvalue weighted by Crippen LogP contribution is 2.48. The first kappa shape index (κ1) is 24.5. The summed E-state index contributed by atoms with van der Waals surface area (Å²) in [6.45, 7) is 7.72. The molecule has 0 bridgehead atoms. The van der Waals surface area contributed by atoms with Crippen molar-refractivity contribution in [2.24, 2.45) is 10.9 Å². The van der Waals surface area contributed by atoms with Crippen LogP contribution in [0.3, 0.4) is 0 Å². The number of rotatable bonds is 7. The van der Waals surface area contributed by atoms with Crippen LogP contribution in [0.1, 0.15) is 37.9 Å². The van der Waals surface area contributed by atoms with Gasteiger partial charge >= 0.3 is 0 Å². The van der Waals surface area contributed by atoms with E-state index in [9.17, 15) is 13.2 Å². The van der Waals surface area contributed by atoms with E-state index in [1.165, 1.54) is 11.8 Å². The Morgan fingerprint density at radius 1 is 1.16 bits per heavy atom. The molecule has 0 unspecified atom stereocenters. The molecule has 0 radical (unpaired) electrons. The van der Waals surface area contributed by atoms with Gasteiger partial charge in [0.2, 0.25) is 15.1 Å². The Hall–Kier alpha value is -1.13. The van der Waals surface area contributed by atoms with Crippen molar-refractivity contribution in [3.05, 3.63) is 64.1 Å². The molecule has 0 fully saturated rings. The maximum absolute atomic E-state index is 13.4. The summed E-state index contributed by atoms with van der Waals surface area (Å²) in [7, 11) is -3.91. The van der Waals surface area contributed by atoms with Crippen molar-refractivity contribution >= 4 is 59.0 Å². The summed E-state index contributed by atoms with van der Waals surface area (Å²) in [6, 6.07) is 13.1. The third kappa shape index (κ3) is 4.95. The molecule has 166 valence electrons. The quantitative estimate of drug-likeness (QED) is 0.497. The number of halogens is 1. The van der Waals surface area contributed by atoms with Crippen LogP contribution in [0, 0.1) is 12.8 Å². The molecule has 1 aliphatic heterocycles. The number of nitrogens with one attached hydrogen (secondary N) is 1. The predicted molar refractivity (Wildman–Crippen MR) is 134 cm³/mol. The number of thioether (sulfide) groups is 2. The van der Waals surface area contributed by atoms with E-state index in [1.807, 2.05) is 52.0 Å². The molecule has 5 nitrogen and oxygen atoms in total. The summed E-state index contributed by atoms with van der Waals surface area (Å²) in [5.41, 5.74) is 0.379. The Balaban J connectivity index is 2.18. The Morgan fingerprint density at radius 3 is 2.39 bits per heavy atom. The molecule has 3 rings (SSSR count). The van der Waals surface area contributed by atoms with Gasteiger partial charge in [-0.25, -0.2) is 13.1 Å². The van der Waals surface area contributed by atoms with Gasteiger partial charge in [-0.1, -0.05) is 84.4 Å². The lowest BCUT2D eigenvalue weighted by atomic mass is 9.78. The summed E-state index contributed by atoms with van der Waals surface area (Å²) in [4.78, 5) is 18.4. The van der Waals surface area contributed by atoms with Gasteiger partial charge in [-0.2, -0.15) is 0 Å². The van der Waals surface area contributed by atoms with E-state index in [0.717, 1.165) is 27.6 Å². The summed E-state index contributed by atoms with van der Waals surface area (Å²) < 4.78 is 31.0. The fourth-order valence-corrected chi connectivity index (χ4v) is 7.44. The monoisotopic (exact) mass is 540 g/mol. The minimum atomic E-state index is -3.91. The molecule has 31 heavy (non-hydrogen) atoms. The van der Waals surface area contributed by atoms with Gasteiger partial charge in [-0.05, 0) is 54.1 Å². The molecule has 0 saturated heterocycles. The number of benzene rings is 2. The predicted octanol–water partition coefficient (Wildman–Crippen LogP) is 5.55. The number of hydrogen-bond donors (Lipinski definition) is 1. The largest absolute Gasteiger partial charge is 0.284 e. The Bertz CT molecular complexity index is 1100. The van der Waals surface area contributed by atoms with E-state index in [-0.39, 0.29) is 15.9 Å². The van der Waals surface area contributed by atoms with Gasteiger partial charge in [-0.3, -0.25) is 9.79 Å². The lowest BCUT2D eigenvalue weighted by molar-refractivity contribution is -0.117. The fraction of sp³-hybridized carbons (Fsp3) is 0.364. The van der Waals surface area contributed by atoms with Crippen LogP contribution in [0.15, 0.2) is 62.9 Å². The first-order chi connectivity index (χ1) is 14.6. The van der Waals surface area contributed by atoms with E-state index in [1.54, 1.807) is 24.3 Å². The second-order valence-electron chi connectivity index (χ2n) is 7.57. The highest BCUT2D eigenvalue weighted by Gasteiger charge is 2.54. The number of carbonyl (C=O) groups excluding carboxylic acids is 1. The van der Waals surface area contributed by atoms with Crippen molar-refractivity contribution in [3.8, 4) is 0 Å². The number of sulfonamides is 1. The fourth-order valence-electron chi connectivity index (χ4n) is 3.49. The lowest BCUT2D eigenvalue weighted by Gasteiger charge is -2.37. The summed E-state index contributed by atoms with van der Waals surface area (Å²) in [6.07, 6.45) is 0. The maximum Gasteiger partial charge on any atom is 0.241 e. The molecular formula is C22H25BrN2O3S3. The van der Waals surface area contributed by atoms with Gasteiger partial charge in [0.15, 0.2) is 5.54 Å².